The molecule has 0 saturated carbocycles. The van der Waals surface area contributed by atoms with Crippen LogP contribution >= 0.6 is 0 Å². The molecule has 3 aromatic heterocycles. The first kappa shape index (κ1) is 16.2. The highest BCUT2D eigenvalue weighted by Gasteiger charge is 2.25. The van der Waals surface area contributed by atoms with Crippen molar-refractivity contribution in [1.82, 2.24) is 29.6 Å². The summed E-state index contributed by atoms with van der Waals surface area (Å²) in [6, 6.07) is 11.2. The molecule has 6 heteroatoms. The zero-order chi connectivity index (χ0) is 18.1. The number of pyridine rings is 1. The van der Waals surface area contributed by atoms with Gasteiger partial charge in [-0.1, -0.05) is 6.07 Å². The minimum absolute atomic E-state index is 0.572. The molecular weight excluding hydrogens is 336 g/mol. The number of likely N-dealkylation sites (tertiary alicyclic amines) is 1. The first-order valence-corrected chi connectivity index (χ1v) is 9.45. The van der Waals surface area contributed by atoms with Crippen LogP contribution in [0, 0.1) is 0 Å². The summed E-state index contributed by atoms with van der Waals surface area (Å²) in [5.74, 6) is 0. The van der Waals surface area contributed by atoms with Crippen molar-refractivity contribution in [3.63, 3.8) is 0 Å². The maximum absolute atomic E-state index is 4.26. The highest BCUT2D eigenvalue weighted by molar-refractivity contribution is 5.85. The summed E-state index contributed by atoms with van der Waals surface area (Å²) in [5, 5.41) is 9.12. The van der Waals surface area contributed by atoms with Crippen molar-refractivity contribution in [3.8, 4) is 5.69 Å². The summed E-state index contributed by atoms with van der Waals surface area (Å²) >= 11 is 0. The van der Waals surface area contributed by atoms with Crippen LogP contribution in [0.15, 0.2) is 61.6 Å². The van der Waals surface area contributed by atoms with E-state index in [4.69, 9.17) is 0 Å². The van der Waals surface area contributed by atoms with Gasteiger partial charge < -0.3 is 4.98 Å². The third-order valence-electron chi connectivity index (χ3n) is 5.53. The highest BCUT2D eigenvalue weighted by Crippen LogP contribution is 2.28. The van der Waals surface area contributed by atoms with Gasteiger partial charge in [-0.05, 0) is 61.2 Å². The van der Waals surface area contributed by atoms with Gasteiger partial charge >= 0.3 is 0 Å². The van der Waals surface area contributed by atoms with Crippen LogP contribution < -0.4 is 0 Å². The van der Waals surface area contributed by atoms with Crippen molar-refractivity contribution < 1.29 is 0 Å². The van der Waals surface area contributed by atoms with Gasteiger partial charge in [0, 0.05) is 47.8 Å². The van der Waals surface area contributed by atoms with E-state index in [9.17, 15) is 0 Å². The van der Waals surface area contributed by atoms with Crippen LogP contribution in [0.3, 0.4) is 0 Å². The normalized spacial score (nSPS) is 17.7. The van der Waals surface area contributed by atoms with Crippen molar-refractivity contribution in [2.75, 3.05) is 6.54 Å². The molecular formula is C21H22N6. The lowest BCUT2D eigenvalue weighted by molar-refractivity contribution is 0.244. The highest BCUT2D eigenvalue weighted by atomic mass is 15.2. The Morgan fingerprint density at radius 3 is 2.93 bits per heavy atom. The van der Waals surface area contributed by atoms with Gasteiger partial charge in [0.05, 0.1) is 0 Å². The van der Waals surface area contributed by atoms with E-state index in [1.54, 1.807) is 12.7 Å². The number of nitrogens with zero attached hydrogens (tertiary/aromatic N) is 5. The number of hydrogen-bond acceptors (Lipinski definition) is 4. The number of nitrogens with one attached hydrogen (secondary N) is 1. The van der Waals surface area contributed by atoms with Gasteiger partial charge in [-0.15, -0.1) is 10.2 Å². The van der Waals surface area contributed by atoms with Crippen molar-refractivity contribution in [2.24, 2.45) is 0 Å². The molecule has 0 spiro atoms. The van der Waals surface area contributed by atoms with E-state index in [0.717, 1.165) is 25.2 Å². The molecule has 0 bridgehead atoms. The second kappa shape index (κ2) is 6.96. The summed E-state index contributed by atoms with van der Waals surface area (Å²) < 4.78 is 1.94. The van der Waals surface area contributed by atoms with Crippen LogP contribution in [-0.2, 0) is 13.0 Å². The summed E-state index contributed by atoms with van der Waals surface area (Å²) in [6.07, 6.45) is 13.0. The minimum atomic E-state index is 0.572. The number of benzene rings is 1. The maximum Gasteiger partial charge on any atom is 0.123 e. The lowest BCUT2D eigenvalue weighted by Crippen LogP contribution is -2.30. The molecule has 6 nitrogen and oxygen atoms in total. The molecule has 1 aliphatic heterocycles. The van der Waals surface area contributed by atoms with Gasteiger partial charge in [0.25, 0.3) is 0 Å². The molecule has 1 N–H and O–H groups in total. The second-order valence-corrected chi connectivity index (χ2v) is 7.24. The Morgan fingerprint density at radius 1 is 1.15 bits per heavy atom. The average molecular weight is 358 g/mol. The fourth-order valence-electron chi connectivity index (χ4n) is 4.14. The van der Waals surface area contributed by atoms with Crippen LogP contribution in [0.5, 0.6) is 0 Å². The zero-order valence-electron chi connectivity index (χ0n) is 15.1. The molecule has 4 aromatic rings. The molecule has 1 saturated heterocycles. The minimum Gasteiger partial charge on any atom is -0.361 e. The van der Waals surface area contributed by atoms with Gasteiger partial charge in [0.1, 0.15) is 12.7 Å². The Kier molecular flexibility index (Phi) is 4.18. The lowest BCUT2D eigenvalue weighted by atomic mass is 10.0. The molecule has 1 aliphatic rings. The summed E-state index contributed by atoms with van der Waals surface area (Å²) in [6.45, 7) is 2.14. The van der Waals surface area contributed by atoms with E-state index in [-0.39, 0.29) is 0 Å². The summed E-state index contributed by atoms with van der Waals surface area (Å²) in [4.78, 5) is 10.3. The van der Waals surface area contributed by atoms with E-state index in [0.29, 0.717) is 6.04 Å². The zero-order valence-corrected chi connectivity index (χ0v) is 15.1. The van der Waals surface area contributed by atoms with Crippen LogP contribution in [0.2, 0.25) is 0 Å². The average Bonchev–Trinajstić information content (AvgIpc) is 3.45. The number of aromatic nitrogens is 5. The van der Waals surface area contributed by atoms with E-state index < -0.39 is 0 Å². The first-order chi connectivity index (χ1) is 13.4. The molecule has 27 heavy (non-hydrogen) atoms. The molecule has 0 amide bonds. The quantitative estimate of drug-likeness (QED) is 0.594. The van der Waals surface area contributed by atoms with Crippen molar-refractivity contribution >= 4 is 10.9 Å². The molecule has 1 aromatic carbocycles. The second-order valence-electron chi connectivity index (χ2n) is 7.24. The van der Waals surface area contributed by atoms with E-state index in [2.05, 4.69) is 55.5 Å². The lowest BCUT2D eigenvalue weighted by Gasteiger charge is -2.24. The molecule has 0 aliphatic carbocycles. The van der Waals surface area contributed by atoms with Crippen LogP contribution in [0.1, 0.15) is 24.0 Å². The Hall–Kier alpha value is -2.99. The molecule has 1 fully saturated rings. The Morgan fingerprint density at radius 2 is 2.07 bits per heavy atom. The Bertz CT molecular complexity index is 1020. The fourth-order valence-corrected chi connectivity index (χ4v) is 4.14. The van der Waals surface area contributed by atoms with Gasteiger partial charge in [-0.25, -0.2) is 0 Å². The number of rotatable bonds is 5. The van der Waals surface area contributed by atoms with Crippen LogP contribution in [0.25, 0.3) is 16.6 Å². The van der Waals surface area contributed by atoms with E-state index in [1.165, 1.54) is 34.9 Å². The number of hydrogen-bond donors (Lipinski definition) is 1. The number of aromatic amines is 1. The Labute approximate surface area is 157 Å². The predicted octanol–water partition coefficient (Wildman–Crippen LogP) is 3.35. The SMILES string of the molecule is c1cncc(CN2CCC[C@@H]2Cc2c[nH]c3ccc(-n4cnnc4)cc23)c1. The first-order valence-electron chi connectivity index (χ1n) is 9.45. The molecule has 1 atom stereocenters. The molecule has 0 unspecified atom stereocenters. The molecule has 0 radical (unpaired) electrons. The van der Waals surface area contributed by atoms with Gasteiger partial charge in [-0.2, -0.15) is 0 Å². The molecule has 5 rings (SSSR count). The van der Waals surface area contributed by atoms with Crippen molar-refractivity contribution in [2.45, 2.75) is 31.8 Å². The predicted molar refractivity (Wildman–Crippen MR) is 105 cm³/mol. The van der Waals surface area contributed by atoms with Crippen molar-refractivity contribution in [1.29, 1.82) is 0 Å². The summed E-state index contributed by atoms with van der Waals surface area (Å²) in [5.41, 5.74) is 4.94. The topological polar surface area (TPSA) is 62.6 Å². The fraction of sp³-hybridized carbons (Fsp3) is 0.286. The van der Waals surface area contributed by atoms with Crippen LogP contribution in [-0.4, -0.2) is 42.2 Å². The monoisotopic (exact) mass is 358 g/mol. The van der Waals surface area contributed by atoms with E-state index in [1.807, 2.05) is 23.0 Å². The Balaban J connectivity index is 1.39. The number of fused-ring (bicyclic) bond motifs is 1. The standard InChI is InChI=1S/C21H22N6/c1-3-16(11-22-7-1)13-26-8-2-4-18(26)9-17-12-23-21-6-5-19(10-20(17)21)27-14-24-25-15-27/h1,3,5-7,10-12,14-15,18,23H,2,4,8-9,13H2/t18-/m1/s1. The molecule has 136 valence electrons. The number of H-pyrrole nitrogens is 1. The van der Waals surface area contributed by atoms with Crippen molar-refractivity contribution in [3.05, 3.63) is 72.7 Å². The largest absolute Gasteiger partial charge is 0.361 e. The third-order valence-corrected chi connectivity index (χ3v) is 5.53. The third kappa shape index (κ3) is 3.24. The van der Waals surface area contributed by atoms with Gasteiger partial charge in [0.2, 0.25) is 0 Å². The summed E-state index contributed by atoms with van der Waals surface area (Å²) in [7, 11) is 0. The van der Waals surface area contributed by atoms with Crippen LogP contribution in [0.4, 0.5) is 0 Å². The smallest absolute Gasteiger partial charge is 0.123 e. The van der Waals surface area contributed by atoms with Gasteiger partial charge in [-0.3, -0.25) is 14.5 Å². The van der Waals surface area contributed by atoms with Gasteiger partial charge in [0.15, 0.2) is 0 Å². The molecule has 4 heterocycles. The van der Waals surface area contributed by atoms with E-state index >= 15 is 0 Å². The maximum atomic E-state index is 4.26.